The van der Waals surface area contributed by atoms with Crippen LogP contribution in [0.15, 0.2) is 0 Å². The molecule has 0 bridgehead atoms. The van der Waals surface area contributed by atoms with Gasteiger partial charge in [-0.1, -0.05) is 6.92 Å². The van der Waals surface area contributed by atoms with E-state index in [9.17, 15) is 8.42 Å². The lowest BCUT2D eigenvalue weighted by Gasteiger charge is -2.29. The van der Waals surface area contributed by atoms with Gasteiger partial charge in [0.25, 0.3) is 0 Å². The Bertz CT molecular complexity index is 331. The Labute approximate surface area is 98.9 Å². The van der Waals surface area contributed by atoms with Gasteiger partial charge in [-0.15, -0.1) is 0 Å². The number of sulfone groups is 1. The quantitative estimate of drug-likeness (QED) is 0.820. The Balaban J connectivity index is 1.83. The maximum absolute atomic E-state index is 11.4. The molecule has 2 unspecified atom stereocenters. The monoisotopic (exact) mass is 245 g/mol. The van der Waals surface area contributed by atoms with Gasteiger partial charge in [0.05, 0.1) is 11.5 Å². The summed E-state index contributed by atoms with van der Waals surface area (Å²) in [7, 11) is -2.69. The first-order valence-electron chi connectivity index (χ1n) is 6.51. The molecule has 4 heteroatoms. The Morgan fingerprint density at radius 1 is 1.44 bits per heavy atom. The molecule has 3 nitrogen and oxygen atoms in total. The van der Waals surface area contributed by atoms with Gasteiger partial charge in [0.2, 0.25) is 0 Å². The van der Waals surface area contributed by atoms with Crippen molar-refractivity contribution in [2.45, 2.75) is 51.0 Å². The van der Waals surface area contributed by atoms with Crippen LogP contribution in [0.2, 0.25) is 0 Å². The van der Waals surface area contributed by atoms with E-state index in [-0.39, 0.29) is 0 Å². The van der Waals surface area contributed by atoms with Crippen LogP contribution in [-0.2, 0) is 9.84 Å². The summed E-state index contributed by atoms with van der Waals surface area (Å²) in [5.74, 6) is 1.28. The molecule has 0 aromatic rings. The summed E-state index contributed by atoms with van der Waals surface area (Å²) in [5.41, 5.74) is 0.326. The summed E-state index contributed by atoms with van der Waals surface area (Å²) in [6.07, 6.45) is 6.85. The van der Waals surface area contributed by atoms with Gasteiger partial charge in [-0.25, -0.2) is 8.42 Å². The van der Waals surface area contributed by atoms with Crippen LogP contribution < -0.4 is 5.32 Å². The van der Waals surface area contributed by atoms with Crippen LogP contribution in [0.4, 0.5) is 0 Å². The second kappa shape index (κ2) is 4.65. The SMILES string of the molecule is CCC1(CCC2CCS(=O)(=O)C2)CCCN1. The fourth-order valence-electron chi connectivity index (χ4n) is 3.14. The third-order valence-electron chi connectivity index (χ3n) is 4.37. The molecule has 0 aliphatic carbocycles. The molecule has 2 atom stereocenters. The average molecular weight is 245 g/mol. The molecular formula is C12H23NO2S. The first-order valence-corrected chi connectivity index (χ1v) is 8.33. The standard InChI is InChI=1S/C12H23NO2S/c1-2-12(6-3-8-13-12)7-4-11-5-9-16(14,15)10-11/h11,13H,2-10H2,1H3. The Morgan fingerprint density at radius 2 is 2.25 bits per heavy atom. The third kappa shape index (κ3) is 2.77. The van der Waals surface area contributed by atoms with E-state index in [1.165, 1.54) is 19.3 Å². The van der Waals surface area contributed by atoms with E-state index in [4.69, 9.17) is 0 Å². The van der Waals surface area contributed by atoms with Gasteiger partial charge in [-0.2, -0.15) is 0 Å². The maximum atomic E-state index is 11.4. The zero-order valence-electron chi connectivity index (χ0n) is 10.2. The molecule has 0 aromatic carbocycles. The van der Waals surface area contributed by atoms with Crippen molar-refractivity contribution in [3.8, 4) is 0 Å². The molecule has 2 saturated heterocycles. The summed E-state index contributed by atoms with van der Waals surface area (Å²) in [6, 6.07) is 0. The second-order valence-electron chi connectivity index (χ2n) is 5.47. The van der Waals surface area contributed by atoms with Crippen molar-refractivity contribution >= 4 is 9.84 Å². The largest absolute Gasteiger partial charge is 0.311 e. The van der Waals surface area contributed by atoms with Crippen molar-refractivity contribution in [1.29, 1.82) is 0 Å². The fraction of sp³-hybridized carbons (Fsp3) is 1.00. The highest BCUT2D eigenvalue weighted by molar-refractivity contribution is 7.91. The van der Waals surface area contributed by atoms with Crippen molar-refractivity contribution in [2.24, 2.45) is 5.92 Å². The first kappa shape index (κ1) is 12.4. The third-order valence-corrected chi connectivity index (χ3v) is 6.20. The molecule has 0 aromatic heterocycles. The molecular weight excluding hydrogens is 222 g/mol. The molecule has 0 saturated carbocycles. The lowest BCUT2D eigenvalue weighted by molar-refractivity contribution is 0.305. The van der Waals surface area contributed by atoms with Gasteiger partial charge in [-0.05, 0) is 51.0 Å². The maximum Gasteiger partial charge on any atom is 0.150 e. The van der Waals surface area contributed by atoms with E-state index in [1.807, 2.05) is 0 Å². The molecule has 16 heavy (non-hydrogen) atoms. The van der Waals surface area contributed by atoms with Crippen molar-refractivity contribution < 1.29 is 8.42 Å². The predicted molar refractivity (Wildman–Crippen MR) is 66.3 cm³/mol. The molecule has 2 heterocycles. The molecule has 1 N–H and O–H groups in total. The summed E-state index contributed by atoms with van der Waals surface area (Å²) in [5, 5.41) is 3.62. The van der Waals surface area contributed by atoms with Gasteiger partial charge in [0, 0.05) is 5.54 Å². The molecule has 94 valence electrons. The molecule has 2 aliphatic heterocycles. The van der Waals surface area contributed by atoms with Gasteiger partial charge >= 0.3 is 0 Å². The van der Waals surface area contributed by atoms with E-state index in [2.05, 4.69) is 12.2 Å². The number of nitrogens with one attached hydrogen (secondary N) is 1. The molecule has 0 spiro atoms. The molecule has 2 aliphatic rings. The highest BCUT2D eigenvalue weighted by atomic mass is 32.2. The van der Waals surface area contributed by atoms with Gasteiger partial charge in [0.1, 0.15) is 0 Å². The fourth-order valence-corrected chi connectivity index (χ4v) is 5.05. The number of rotatable bonds is 4. The predicted octanol–water partition coefficient (Wildman–Crippen LogP) is 1.73. The minimum absolute atomic E-state index is 0.326. The number of hydrogen-bond acceptors (Lipinski definition) is 3. The van der Waals surface area contributed by atoms with Crippen LogP contribution in [0.25, 0.3) is 0 Å². The molecule has 0 radical (unpaired) electrons. The molecule has 2 fully saturated rings. The molecule has 0 amide bonds. The topological polar surface area (TPSA) is 46.2 Å². The van der Waals surface area contributed by atoms with Crippen LogP contribution in [0.3, 0.4) is 0 Å². The lowest BCUT2D eigenvalue weighted by atomic mass is 9.85. The smallest absolute Gasteiger partial charge is 0.150 e. The van der Waals surface area contributed by atoms with Crippen LogP contribution in [0.1, 0.15) is 45.4 Å². The van der Waals surface area contributed by atoms with Crippen molar-refractivity contribution in [2.75, 3.05) is 18.1 Å². The van der Waals surface area contributed by atoms with Crippen molar-refractivity contribution in [3.63, 3.8) is 0 Å². The summed E-state index contributed by atoms with van der Waals surface area (Å²) >= 11 is 0. The lowest BCUT2D eigenvalue weighted by Crippen LogP contribution is -2.39. The highest BCUT2D eigenvalue weighted by Gasteiger charge is 2.34. The van der Waals surface area contributed by atoms with E-state index in [0.29, 0.717) is 23.0 Å². The summed E-state index contributed by atoms with van der Waals surface area (Å²) in [4.78, 5) is 0. The Kier molecular flexibility index (Phi) is 3.59. The van der Waals surface area contributed by atoms with E-state index in [1.54, 1.807) is 0 Å². The summed E-state index contributed by atoms with van der Waals surface area (Å²) < 4.78 is 22.7. The van der Waals surface area contributed by atoms with Crippen LogP contribution in [-0.4, -0.2) is 32.0 Å². The first-order chi connectivity index (χ1) is 7.55. The van der Waals surface area contributed by atoms with Gasteiger partial charge in [-0.3, -0.25) is 0 Å². The van der Waals surface area contributed by atoms with Gasteiger partial charge in [0.15, 0.2) is 9.84 Å². The van der Waals surface area contributed by atoms with E-state index >= 15 is 0 Å². The van der Waals surface area contributed by atoms with Crippen LogP contribution in [0, 0.1) is 5.92 Å². The molecule has 2 rings (SSSR count). The summed E-state index contributed by atoms with van der Waals surface area (Å²) in [6.45, 7) is 3.38. The van der Waals surface area contributed by atoms with Crippen LogP contribution >= 0.6 is 0 Å². The highest BCUT2D eigenvalue weighted by Crippen LogP contribution is 2.32. The second-order valence-corrected chi connectivity index (χ2v) is 7.70. The van der Waals surface area contributed by atoms with Crippen molar-refractivity contribution in [3.05, 3.63) is 0 Å². The van der Waals surface area contributed by atoms with Crippen LogP contribution in [0.5, 0.6) is 0 Å². The minimum atomic E-state index is -2.69. The van der Waals surface area contributed by atoms with E-state index in [0.717, 1.165) is 25.8 Å². The van der Waals surface area contributed by atoms with Crippen molar-refractivity contribution in [1.82, 2.24) is 5.32 Å². The minimum Gasteiger partial charge on any atom is -0.311 e. The zero-order chi connectivity index (χ0) is 11.6. The average Bonchev–Trinajstić information content (AvgIpc) is 2.83. The Morgan fingerprint density at radius 3 is 2.75 bits per heavy atom. The Hall–Kier alpha value is -0.0900. The van der Waals surface area contributed by atoms with E-state index < -0.39 is 9.84 Å². The zero-order valence-corrected chi connectivity index (χ0v) is 11.0. The number of hydrogen-bond donors (Lipinski definition) is 1. The van der Waals surface area contributed by atoms with Gasteiger partial charge < -0.3 is 5.32 Å². The normalized spacial score (nSPS) is 37.9.